The third-order valence-electron chi connectivity index (χ3n) is 4.85. The summed E-state index contributed by atoms with van der Waals surface area (Å²) in [5.74, 6) is -2.41. The number of aliphatic carboxylic acids is 1. The number of carboxylic acid groups (broad SMARTS) is 1. The van der Waals surface area contributed by atoms with E-state index in [0.717, 1.165) is 5.56 Å². The first-order chi connectivity index (χ1) is 18.5. The molecule has 0 saturated heterocycles. The van der Waals surface area contributed by atoms with E-state index in [4.69, 9.17) is 23.9 Å². The predicted molar refractivity (Wildman–Crippen MR) is 135 cm³/mol. The molecule has 2 unspecified atom stereocenters. The second-order valence-electron chi connectivity index (χ2n) is 8.10. The van der Waals surface area contributed by atoms with Crippen LogP contribution in [0.3, 0.4) is 0 Å². The van der Waals surface area contributed by atoms with Crippen molar-refractivity contribution in [1.29, 1.82) is 0 Å². The van der Waals surface area contributed by atoms with Gasteiger partial charge in [0.2, 0.25) is 5.91 Å². The molecule has 14 nitrogen and oxygen atoms in total. The van der Waals surface area contributed by atoms with Crippen molar-refractivity contribution in [3.8, 4) is 5.75 Å². The Morgan fingerprint density at radius 1 is 1.10 bits per heavy atom. The molecule has 0 heterocycles. The average Bonchev–Trinajstić information content (AvgIpc) is 2.88. The molecule has 0 aliphatic heterocycles. The number of hydrogen-bond acceptors (Lipinski definition) is 10. The lowest BCUT2D eigenvalue weighted by Crippen LogP contribution is -2.44. The highest BCUT2D eigenvalue weighted by Crippen LogP contribution is 2.17. The Labute approximate surface area is 224 Å². The van der Waals surface area contributed by atoms with Crippen LogP contribution in [0.25, 0.3) is 10.4 Å². The van der Waals surface area contributed by atoms with Crippen molar-refractivity contribution in [2.24, 2.45) is 5.11 Å². The van der Waals surface area contributed by atoms with E-state index >= 15 is 0 Å². The minimum atomic E-state index is -4.09. The van der Waals surface area contributed by atoms with E-state index in [1.165, 1.54) is 19.1 Å². The summed E-state index contributed by atoms with van der Waals surface area (Å²) < 4.78 is 46.2. The van der Waals surface area contributed by atoms with Crippen LogP contribution in [0.1, 0.15) is 18.1 Å². The molecular weight excluding hydrogens is 536 g/mol. The van der Waals surface area contributed by atoms with Crippen LogP contribution in [0.5, 0.6) is 5.75 Å². The zero-order chi connectivity index (χ0) is 28.8. The Hall–Kier alpha value is -4.17. The number of amides is 1. The van der Waals surface area contributed by atoms with Crippen molar-refractivity contribution in [2.45, 2.75) is 37.5 Å². The molecule has 2 aromatic carbocycles. The highest BCUT2D eigenvalue weighted by Gasteiger charge is 2.22. The largest absolute Gasteiger partial charge is 0.490 e. The zero-order valence-corrected chi connectivity index (χ0v) is 22.0. The maximum atomic E-state index is 12.5. The number of rotatable bonds is 16. The lowest BCUT2D eigenvalue weighted by atomic mass is 10.2. The Balaban J connectivity index is 1.93. The molecule has 0 radical (unpaired) electrons. The van der Waals surface area contributed by atoms with Gasteiger partial charge in [-0.15, -0.1) is 0 Å². The Bertz CT molecular complexity index is 1290. The number of carbonyl (C=O) groups is 3. The minimum Gasteiger partial charge on any atom is -0.490 e. The fraction of sp³-hybridized carbons (Fsp3) is 0.375. The van der Waals surface area contributed by atoms with Crippen LogP contribution < -0.4 is 10.1 Å². The second kappa shape index (κ2) is 15.3. The van der Waals surface area contributed by atoms with Gasteiger partial charge >= 0.3 is 11.9 Å². The molecule has 0 aromatic heterocycles. The van der Waals surface area contributed by atoms with Crippen molar-refractivity contribution in [3.05, 3.63) is 70.1 Å². The number of benzene rings is 2. The van der Waals surface area contributed by atoms with Crippen molar-refractivity contribution < 1.29 is 46.3 Å². The number of aryl methyl sites for hydroxylation is 1. The fourth-order valence-electron chi connectivity index (χ4n) is 3.01. The molecule has 0 fully saturated rings. The lowest BCUT2D eigenvalue weighted by molar-refractivity contribution is -0.149. The Morgan fingerprint density at radius 3 is 2.46 bits per heavy atom. The van der Waals surface area contributed by atoms with Gasteiger partial charge in [-0.3, -0.25) is 13.8 Å². The summed E-state index contributed by atoms with van der Waals surface area (Å²) in [5, 5.41) is 14.5. The number of nitrogens with one attached hydrogen (secondary N) is 1. The summed E-state index contributed by atoms with van der Waals surface area (Å²) in [6, 6.07) is 11.2. The van der Waals surface area contributed by atoms with Gasteiger partial charge in [-0.05, 0) is 42.3 Å². The monoisotopic (exact) mass is 564 g/mol. The van der Waals surface area contributed by atoms with E-state index in [1.807, 2.05) is 6.92 Å². The molecule has 15 heteroatoms. The maximum Gasteiger partial charge on any atom is 0.328 e. The van der Waals surface area contributed by atoms with Crippen molar-refractivity contribution in [3.63, 3.8) is 0 Å². The molecule has 2 rings (SSSR count). The molecule has 0 saturated carbocycles. The molecule has 2 N–H and O–H groups in total. The van der Waals surface area contributed by atoms with Crippen LogP contribution >= 0.6 is 0 Å². The minimum absolute atomic E-state index is 0.0293. The van der Waals surface area contributed by atoms with Crippen LogP contribution in [0.15, 0.2) is 58.5 Å². The van der Waals surface area contributed by atoms with Crippen molar-refractivity contribution >= 4 is 28.0 Å². The molecule has 1 amide bonds. The van der Waals surface area contributed by atoms with E-state index in [2.05, 4.69) is 15.3 Å². The molecule has 2 atom stereocenters. The van der Waals surface area contributed by atoms with Gasteiger partial charge in [-0.2, -0.15) is 8.42 Å². The number of azide groups is 1. The van der Waals surface area contributed by atoms with E-state index in [0.29, 0.717) is 11.3 Å². The van der Waals surface area contributed by atoms with Crippen LogP contribution in [0.4, 0.5) is 0 Å². The maximum absolute atomic E-state index is 12.5. The van der Waals surface area contributed by atoms with Crippen LogP contribution in [0, 0.1) is 6.92 Å². The van der Waals surface area contributed by atoms with Crippen LogP contribution in [-0.2, 0) is 44.8 Å². The van der Waals surface area contributed by atoms with Gasteiger partial charge in [-0.1, -0.05) is 34.9 Å². The number of hydrogen-bond donors (Lipinski definition) is 2. The summed E-state index contributed by atoms with van der Waals surface area (Å²) in [5.41, 5.74) is 9.71. The molecule has 0 bridgehead atoms. The molecular formula is C24H28N4O10S. The van der Waals surface area contributed by atoms with Gasteiger partial charge in [0.25, 0.3) is 10.1 Å². The summed E-state index contributed by atoms with van der Waals surface area (Å²) in [4.78, 5) is 36.8. The normalized spacial score (nSPS) is 12.5. The van der Waals surface area contributed by atoms with Crippen LogP contribution in [-0.4, -0.2) is 69.9 Å². The van der Waals surface area contributed by atoms with Gasteiger partial charge in [0, 0.05) is 11.8 Å². The molecule has 0 aliphatic rings. The van der Waals surface area contributed by atoms with E-state index in [1.54, 1.807) is 36.4 Å². The zero-order valence-electron chi connectivity index (χ0n) is 21.2. The number of esters is 1. The van der Waals surface area contributed by atoms with Gasteiger partial charge in [0.15, 0.2) is 12.1 Å². The van der Waals surface area contributed by atoms with E-state index in [9.17, 15) is 27.9 Å². The number of nitrogens with zero attached hydrogens (tertiary/aromatic N) is 3. The van der Waals surface area contributed by atoms with Crippen LogP contribution in [0.2, 0.25) is 0 Å². The third kappa shape index (κ3) is 11.4. The Kier molecular flexibility index (Phi) is 12.2. The highest BCUT2D eigenvalue weighted by atomic mass is 32.2. The van der Waals surface area contributed by atoms with Gasteiger partial charge in [0.05, 0.1) is 18.1 Å². The first-order valence-electron chi connectivity index (χ1n) is 11.5. The number of ether oxygens (including phenoxy) is 3. The lowest BCUT2D eigenvalue weighted by Gasteiger charge is -2.18. The molecule has 39 heavy (non-hydrogen) atoms. The molecule has 0 spiro atoms. The van der Waals surface area contributed by atoms with Gasteiger partial charge < -0.3 is 24.6 Å². The standard InChI is InChI=1S/C24H28N4O10S/c1-16-6-8-21(9-7-16)39(33,34)37-14-20(38-17(2)29)13-36-19-5-3-4-18(10-19)12-35-15-22(24(31)32)27-23(30)11-26-28-25/h3-10,20,22H,11-15H2,1-2H3,(H,27,30)(H,31,32). The SMILES string of the molecule is CC(=O)OC(COc1cccc(COCC(NC(=O)CN=[N+]=[N-])C(=O)O)c1)COS(=O)(=O)c1ccc(C)cc1. The first-order valence-corrected chi connectivity index (χ1v) is 12.9. The first kappa shape index (κ1) is 31.1. The fourth-order valence-corrected chi connectivity index (χ4v) is 3.95. The van der Waals surface area contributed by atoms with Crippen molar-refractivity contribution in [2.75, 3.05) is 26.4 Å². The highest BCUT2D eigenvalue weighted by molar-refractivity contribution is 7.86. The number of carbonyl (C=O) groups excluding carboxylic acids is 2. The second-order valence-corrected chi connectivity index (χ2v) is 9.72. The number of carboxylic acids is 1. The summed E-state index contributed by atoms with van der Waals surface area (Å²) in [6.45, 7) is 1.36. The molecule has 0 aliphatic carbocycles. The summed E-state index contributed by atoms with van der Waals surface area (Å²) in [7, 11) is -4.09. The average molecular weight is 565 g/mol. The van der Waals surface area contributed by atoms with E-state index in [-0.39, 0.29) is 24.7 Å². The summed E-state index contributed by atoms with van der Waals surface area (Å²) in [6.07, 6.45) is -1.03. The summed E-state index contributed by atoms with van der Waals surface area (Å²) >= 11 is 0. The quantitative estimate of drug-likeness (QED) is 0.0999. The van der Waals surface area contributed by atoms with Gasteiger partial charge in [0.1, 0.15) is 25.5 Å². The molecule has 2 aromatic rings. The topological polar surface area (TPSA) is 203 Å². The van der Waals surface area contributed by atoms with E-state index < -0.39 is 53.3 Å². The smallest absolute Gasteiger partial charge is 0.328 e. The third-order valence-corrected chi connectivity index (χ3v) is 6.15. The van der Waals surface area contributed by atoms with Crippen molar-refractivity contribution in [1.82, 2.24) is 5.32 Å². The Morgan fingerprint density at radius 2 is 1.82 bits per heavy atom. The molecule has 210 valence electrons. The van der Waals surface area contributed by atoms with Gasteiger partial charge in [-0.25, -0.2) is 4.79 Å². The predicted octanol–water partition coefficient (Wildman–Crippen LogP) is 2.11.